The lowest BCUT2D eigenvalue weighted by Crippen LogP contribution is -1.72. The van der Waals surface area contributed by atoms with Crippen molar-refractivity contribution in [3.05, 3.63) is 48.6 Å². The summed E-state index contributed by atoms with van der Waals surface area (Å²) in [6.07, 6.45) is 25.0. The maximum atomic E-state index is 2.27. The van der Waals surface area contributed by atoms with Crippen molar-refractivity contribution in [2.75, 3.05) is 0 Å². The first-order chi connectivity index (χ1) is 7.00. The van der Waals surface area contributed by atoms with Gasteiger partial charge in [0.05, 0.1) is 0 Å². The highest BCUT2D eigenvalue weighted by atomic mass is 13.9. The third-order valence-corrected chi connectivity index (χ3v) is 2.26. The lowest BCUT2D eigenvalue weighted by Gasteiger charge is -1.92. The van der Waals surface area contributed by atoms with E-state index in [0.29, 0.717) is 0 Å². The van der Waals surface area contributed by atoms with Gasteiger partial charge in [-0.1, -0.05) is 48.6 Å². The van der Waals surface area contributed by atoms with Crippen LogP contribution in [0.15, 0.2) is 48.6 Å². The predicted octanol–water partition coefficient (Wildman–Crippen LogP) is 4.57. The standard InChI is InChI=1S/C14H20/c1-2-4-6-8-10-12-14-13-11-9-7-5-3-1/h1-4,9,11,13-14H,5-8,10,12H2/b3-1+,4-2+,11-9?,14-13-. The molecule has 0 nitrogen and oxygen atoms in total. The van der Waals surface area contributed by atoms with Crippen LogP contribution in [-0.4, -0.2) is 0 Å². The minimum absolute atomic E-state index is 1.15. The van der Waals surface area contributed by atoms with Crippen LogP contribution in [0.4, 0.5) is 0 Å². The molecule has 0 radical (unpaired) electrons. The molecule has 14 heavy (non-hydrogen) atoms. The van der Waals surface area contributed by atoms with Crippen LogP contribution in [0.5, 0.6) is 0 Å². The molecule has 1 aliphatic rings. The molecule has 0 heteroatoms. The van der Waals surface area contributed by atoms with E-state index in [1.165, 1.54) is 25.7 Å². The zero-order valence-corrected chi connectivity index (χ0v) is 8.86. The minimum Gasteiger partial charge on any atom is -0.0845 e. The van der Waals surface area contributed by atoms with Gasteiger partial charge in [-0.2, -0.15) is 0 Å². The third kappa shape index (κ3) is 6.47. The summed E-state index contributed by atoms with van der Waals surface area (Å²) < 4.78 is 0. The molecular weight excluding hydrogens is 168 g/mol. The van der Waals surface area contributed by atoms with Gasteiger partial charge in [0, 0.05) is 0 Å². The van der Waals surface area contributed by atoms with Gasteiger partial charge in [-0.25, -0.2) is 0 Å². The van der Waals surface area contributed by atoms with Crippen LogP contribution in [0, 0.1) is 0 Å². The van der Waals surface area contributed by atoms with E-state index in [2.05, 4.69) is 48.6 Å². The Labute approximate surface area is 87.7 Å². The maximum Gasteiger partial charge on any atom is -0.0313 e. The number of allylic oxidation sites excluding steroid dienone is 8. The highest BCUT2D eigenvalue weighted by molar-refractivity contribution is 5.05. The van der Waals surface area contributed by atoms with Crippen molar-refractivity contribution in [1.82, 2.24) is 0 Å². The van der Waals surface area contributed by atoms with Crippen molar-refractivity contribution in [3.63, 3.8) is 0 Å². The van der Waals surface area contributed by atoms with Crippen LogP contribution in [-0.2, 0) is 0 Å². The number of rotatable bonds is 0. The SMILES string of the molecule is C1=CCC/C=C/C=C/CCCC/C=C\1. The van der Waals surface area contributed by atoms with Gasteiger partial charge in [-0.15, -0.1) is 0 Å². The molecule has 0 aromatic heterocycles. The second kappa shape index (κ2) is 8.55. The molecule has 0 bridgehead atoms. The highest BCUT2D eigenvalue weighted by Gasteiger charge is 1.83. The molecule has 1 aliphatic carbocycles. The van der Waals surface area contributed by atoms with E-state index >= 15 is 0 Å². The first-order valence-electron chi connectivity index (χ1n) is 5.63. The van der Waals surface area contributed by atoms with E-state index in [1.54, 1.807) is 0 Å². The molecule has 0 aromatic rings. The summed E-state index contributed by atoms with van der Waals surface area (Å²) in [5.41, 5.74) is 0. The summed E-state index contributed by atoms with van der Waals surface area (Å²) in [6.45, 7) is 0. The van der Waals surface area contributed by atoms with Gasteiger partial charge in [0.1, 0.15) is 0 Å². The quantitative estimate of drug-likeness (QED) is 0.522. The largest absolute Gasteiger partial charge is 0.0845 e. The predicted molar refractivity (Wildman–Crippen MR) is 64.3 cm³/mol. The maximum absolute atomic E-state index is 2.27. The highest BCUT2D eigenvalue weighted by Crippen LogP contribution is 2.03. The fourth-order valence-electron chi connectivity index (χ4n) is 1.42. The van der Waals surface area contributed by atoms with E-state index < -0.39 is 0 Å². The van der Waals surface area contributed by atoms with Crippen LogP contribution in [0.1, 0.15) is 38.5 Å². The molecule has 0 fully saturated rings. The first kappa shape index (κ1) is 11.0. The Kier molecular flexibility index (Phi) is 6.74. The molecule has 0 saturated carbocycles. The number of hydrogen-bond acceptors (Lipinski definition) is 0. The van der Waals surface area contributed by atoms with Crippen LogP contribution in [0.3, 0.4) is 0 Å². The lowest BCUT2D eigenvalue weighted by atomic mass is 10.1. The van der Waals surface area contributed by atoms with Crippen LogP contribution in [0.25, 0.3) is 0 Å². The van der Waals surface area contributed by atoms with E-state index in [0.717, 1.165) is 12.8 Å². The summed E-state index contributed by atoms with van der Waals surface area (Å²) >= 11 is 0. The third-order valence-electron chi connectivity index (χ3n) is 2.26. The van der Waals surface area contributed by atoms with Gasteiger partial charge in [0.2, 0.25) is 0 Å². The molecule has 0 aromatic carbocycles. The second-order valence-electron chi connectivity index (χ2n) is 3.57. The smallest absolute Gasteiger partial charge is 0.0313 e. The average Bonchev–Trinajstić information content (AvgIpc) is 2.22. The Balaban J connectivity index is 2.34. The summed E-state index contributed by atoms with van der Waals surface area (Å²) in [5, 5.41) is 0. The fourth-order valence-corrected chi connectivity index (χ4v) is 1.42. The van der Waals surface area contributed by atoms with Crippen molar-refractivity contribution in [3.8, 4) is 0 Å². The average molecular weight is 188 g/mol. The van der Waals surface area contributed by atoms with E-state index in [1.807, 2.05) is 0 Å². The molecule has 0 atom stereocenters. The summed E-state index contributed by atoms with van der Waals surface area (Å²) in [7, 11) is 0. The molecule has 0 heterocycles. The van der Waals surface area contributed by atoms with Gasteiger partial charge in [0.15, 0.2) is 0 Å². The van der Waals surface area contributed by atoms with Gasteiger partial charge in [-0.3, -0.25) is 0 Å². The lowest BCUT2D eigenvalue weighted by molar-refractivity contribution is 0.762. The van der Waals surface area contributed by atoms with E-state index in [4.69, 9.17) is 0 Å². The van der Waals surface area contributed by atoms with Gasteiger partial charge in [-0.05, 0) is 38.5 Å². The van der Waals surface area contributed by atoms with Crippen molar-refractivity contribution in [2.24, 2.45) is 0 Å². The molecule has 0 saturated heterocycles. The molecule has 0 N–H and O–H groups in total. The zero-order valence-electron chi connectivity index (χ0n) is 8.86. The van der Waals surface area contributed by atoms with Gasteiger partial charge in [0.25, 0.3) is 0 Å². The van der Waals surface area contributed by atoms with Crippen LogP contribution < -0.4 is 0 Å². The van der Waals surface area contributed by atoms with Gasteiger partial charge >= 0.3 is 0 Å². The van der Waals surface area contributed by atoms with Crippen molar-refractivity contribution in [1.29, 1.82) is 0 Å². The fraction of sp³-hybridized carbons (Fsp3) is 0.429. The molecule has 0 amide bonds. The van der Waals surface area contributed by atoms with Crippen molar-refractivity contribution < 1.29 is 0 Å². The molecule has 0 spiro atoms. The van der Waals surface area contributed by atoms with E-state index in [9.17, 15) is 0 Å². The molecule has 1 rings (SSSR count). The molecular formula is C14H20. The van der Waals surface area contributed by atoms with Crippen LogP contribution >= 0.6 is 0 Å². The Morgan fingerprint density at radius 3 is 1.21 bits per heavy atom. The Bertz CT molecular complexity index is 202. The Hall–Kier alpha value is -1.04. The second-order valence-corrected chi connectivity index (χ2v) is 3.57. The summed E-state index contributed by atoms with van der Waals surface area (Å²) in [5.74, 6) is 0. The topological polar surface area (TPSA) is 0 Å². The first-order valence-corrected chi connectivity index (χ1v) is 5.63. The molecule has 0 unspecified atom stereocenters. The Morgan fingerprint density at radius 2 is 0.786 bits per heavy atom. The summed E-state index contributed by atoms with van der Waals surface area (Å²) in [4.78, 5) is 0. The minimum atomic E-state index is 1.15. The number of hydrogen-bond donors (Lipinski definition) is 0. The van der Waals surface area contributed by atoms with Crippen molar-refractivity contribution >= 4 is 0 Å². The van der Waals surface area contributed by atoms with E-state index in [-0.39, 0.29) is 0 Å². The molecule has 76 valence electrons. The normalized spacial score (nSPS) is 26.3. The van der Waals surface area contributed by atoms with Gasteiger partial charge < -0.3 is 0 Å². The summed E-state index contributed by atoms with van der Waals surface area (Å²) in [6, 6.07) is 0. The van der Waals surface area contributed by atoms with Crippen molar-refractivity contribution in [2.45, 2.75) is 38.5 Å². The Morgan fingerprint density at radius 1 is 0.429 bits per heavy atom. The zero-order chi connectivity index (χ0) is 9.90. The monoisotopic (exact) mass is 188 g/mol. The van der Waals surface area contributed by atoms with Crippen LogP contribution in [0.2, 0.25) is 0 Å². The molecule has 0 aliphatic heterocycles.